The Balaban J connectivity index is 2.55. The van der Waals surface area contributed by atoms with Crippen molar-refractivity contribution in [3.63, 3.8) is 0 Å². The van der Waals surface area contributed by atoms with Crippen LogP contribution in [0.3, 0.4) is 0 Å². The number of rotatable bonds is 1. The molecule has 0 aromatic rings. The highest BCUT2D eigenvalue weighted by Crippen LogP contribution is 2.29. The summed E-state index contributed by atoms with van der Waals surface area (Å²) in [6, 6.07) is 0. The van der Waals surface area contributed by atoms with Gasteiger partial charge in [-0.3, -0.25) is 0 Å². The Morgan fingerprint density at radius 1 is 1.55 bits per heavy atom. The molecule has 0 saturated carbocycles. The van der Waals surface area contributed by atoms with E-state index in [9.17, 15) is 5.11 Å². The van der Waals surface area contributed by atoms with Gasteiger partial charge in [-0.05, 0) is 18.8 Å². The summed E-state index contributed by atoms with van der Waals surface area (Å²) in [6.45, 7) is 6.13. The van der Waals surface area contributed by atoms with Gasteiger partial charge in [0.25, 0.3) is 0 Å². The van der Waals surface area contributed by atoms with Gasteiger partial charge in [0.2, 0.25) is 0 Å². The predicted molar refractivity (Wildman–Crippen MR) is 54.6 cm³/mol. The van der Waals surface area contributed by atoms with E-state index in [-0.39, 0.29) is 0 Å². The van der Waals surface area contributed by atoms with Crippen molar-refractivity contribution in [2.45, 2.75) is 32.3 Å². The molecule has 0 bridgehead atoms. The fourth-order valence-corrected chi connectivity index (χ4v) is 2.42. The summed E-state index contributed by atoms with van der Waals surface area (Å²) in [4.78, 5) is 0. The van der Waals surface area contributed by atoms with Gasteiger partial charge in [0.15, 0.2) is 0 Å². The number of hydrogen-bond donors (Lipinski definition) is 1. The van der Waals surface area contributed by atoms with Crippen molar-refractivity contribution in [2.75, 3.05) is 13.1 Å². The van der Waals surface area contributed by atoms with Crippen LogP contribution in [0.15, 0.2) is 0 Å². The minimum absolute atomic E-state index is 0.375. The smallest absolute Gasteiger partial charge is 0.0805 e. The number of halogens is 1. The van der Waals surface area contributed by atoms with E-state index in [1.54, 1.807) is 0 Å². The van der Waals surface area contributed by atoms with Crippen LogP contribution in [0.5, 0.6) is 0 Å². The zero-order valence-electron chi connectivity index (χ0n) is 7.18. The summed E-state index contributed by atoms with van der Waals surface area (Å²) >= 11 is 2.29. The lowest BCUT2D eigenvalue weighted by atomic mass is 9.84. The molecule has 3 heteroatoms. The Bertz CT molecular complexity index is 140. The van der Waals surface area contributed by atoms with Gasteiger partial charge in [0.1, 0.15) is 0 Å². The van der Waals surface area contributed by atoms with Crippen molar-refractivity contribution in [2.24, 2.45) is 5.92 Å². The van der Waals surface area contributed by atoms with E-state index in [0.29, 0.717) is 5.92 Å². The molecule has 1 fully saturated rings. The first-order chi connectivity index (χ1) is 5.04. The van der Waals surface area contributed by atoms with Crippen molar-refractivity contribution in [3.8, 4) is 0 Å². The molecule has 1 aliphatic heterocycles. The Morgan fingerprint density at radius 3 is 2.55 bits per heavy atom. The summed E-state index contributed by atoms with van der Waals surface area (Å²) < 4.78 is 2.18. The first-order valence-electron chi connectivity index (χ1n) is 4.18. The van der Waals surface area contributed by atoms with E-state index < -0.39 is 5.60 Å². The molecule has 1 unspecified atom stereocenters. The zero-order chi connectivity index (χ0) is 8.48. The summed E-state index contributed by atoms with van der Waals surface area (Å²) in [5.74, 6) is 0.375. The second-order valence-corrected chi connectivity index (χ2v) is 5.07. The predicted octanol–water partition coefficient (Wildman–Crippen LogP) is 1.82. The lowest BCUT2D eigenvalue weighted by molar-refractivity contribution is -0.0399. The Morgan fingerprint density at radius 2 is 2.18 bits per heavy atom. The van der Waals surface area contributed by atoms with Crippen LogP contribution in [0.1, 0.15) is 26.7 Å². The molecule has 1 rings (SSSR count). The molecule has 2 nitrogen and oxygen atoms in total. The van der Waals surface area contributed by atoms with Gasteiger partial charge in [0.05, 0.1) is 5.60 Å². The highest BCUT2D eigenvalue weighted by molar-refractivity contribution is 14.1. The Labute approximate surface area is 82.5 Å². The molecule has 1 aliphatic rings. The number of β-amino-alcohol motifs (C(OH)–C–C–N with tert-alkyl or cyclic N) is 1. The molecular weight excluding hydrogens is 253 g/mol. The van der Waals surface area contributed by atoms with Crippen LogP contribution in [0, 0.1) is 5.92 Å². The van der Waals surface area contributed by atoms with Crippen LogP contribution in [-0.4, -0.2) is 26.9 Å². The third kappa shape index (κ3) is 2.29. The van der Waals surface area contributed by atoms with Crippen molar-refractivity contribution < 1.29 is 5.11 Å². The topological polar surface area (TPSA) is 23.5 Å². The average Bonchev–Trinajstić information content (AvgIpc) is 1.86. The van der Waals surface area contributed by atoms with Gasteiger partial charge in [-0.25, -0.2) is 3.11 Å². The molecule has 0 aromatic heterocycles. The fraction of sp³-hybridized carbons (Fsp3) is 1.00. The van der Waals surface area contributed by atoms with Crippen molar-refractivity contribution in [1.29, 1.82) is 0 Å². The molecule has 1 atom stereocenters. The molecule has 11 heavy (non-hydrogen) atoms. The molecule has 1 N–H and O–H groups in total. The standard InChI is InChI=1S/C8H16INO/c1-7(2)8(11)4-3-5-10(9)6-8/h7,11H,3-6H2,1-2H3. The van der Waals surface area contributed by atoms with E-state index in [1.165, 1.54) is 0 Å². The van der Waals surface area contributed by atoms with Gasteiger partial charge >= 0.3 is 0 Å². The maximum Gasteiger partial charge on any atom is 0.0805 e. The van der Waals surface area contributed by atoms with Crippen molar-refractivity contribution in [3.05, 3.63) is 0 Å². The second kappa shape index (κ2) is 3.58. The maximum absolute atomic E-state index is 10.1. The fourth-order valence-electron chi connectivity index (χ4n) is 1.48. The van der Waals surface area contributed by atoms with E-state index in [2.05, 4.69) is 39.8 Å². The molecule has 1 saturated heterocycles. The molecule has 0 spiro atoms. The molecule has 1 heterocycles. The van der Waals surface area contributed by atoms with Gasteiger partial charge < -0.3 is 5.11 Å². The van der Waals surface area contributed by atoms with Crippen LogP contribution < -0.4 is 0 Å². The van der Waals surface area contributed by atoms with Crippen molar-refractivity contribution in [1.82, 2.24) is 3.11 Å². The highest BCUT2D eigenvalue weighted by atomic mass is 127. The SMILES string of the molecule is CC(C)C1(O)CCCN(I)C1. The molecule has 66 valence electrons. The minimum atomic E-state index is -0.431. The molecule has 0 amide bonds. The Hall–Kier alpha value is 0.650. The monoisotopic (exact) mass is 269 g/mol. The second-order valence-electron chi connectivity index (χ2n) is 3.71. The van der Waals surface area contributed by atoms with Gasteiger partial charge in [-0.1, -0.05) is 13.8 Å². The Kier molecular flexibility index (Phi) is 3.17. The number of aliphatic hydroxyl groups is 1. The number of piperidine rings is 1. The third-order valence-corrected chi connectivity index (χ3v) is 3.35. The first kappa shape index (κ1) is 9.74. The zero-order valence-corrected chi connectivity index (χ0v) is 9.34. The average molecular weight is 269 g/mol. The van der Waals surface area contributed by atoms with Crippen LogP contribution in [0.4, 0.5) is 0 Å². The summed E-state index contributed by atoms with van der Waals surface area (Å²) in [5, 5.41) is 10.1. The van der Waals surface area contributed by atoms with E-state index in [4.69, 9.17) is 0 Å². The van der Waals surface area contributed by atoms with E-state index in [1.807, 2.05) is 0 Å². The quantitative estimate of drug-likeness (QED) is 0.580. The van der Waals surface area contributed by atoms with Gasteiger partial charge in [-0.15, -0.1) is 0 Å². The van der Waals surface area contributed by atoms with Crippen LogP contribution in [-0.2, 0) is 0 Å². The van der Waals surface area contributed by atoms with E-state index in [0.717, 1.165) is 25.9 Å². The molecule has 0 aliphatic carbocycles. The van der Waals surface area contributed by atoms with Crippen molar-refractivity contribution >= 4 is 22.9 Å². The van der Waals surface area contributed by atoms with E-state index >= 15 is 0 Å². The lowest BCUT2D eigenvalue weighted by Gasteiger charge is -2.39. The van der Waals surface area contributed by atoms with Gasteiger partial charge in [-0.2, -0.15) is 0 Å². The first-order valence-corrected chi connectivity index (χ1v) is 5.14. The molecular formula is C8H16INO. The normalized spacial score (nSPS) is 34.6. The van der Waals surface area contributed by atoms with Crippen LogP contribution in [0.2, 0.25) is 0 Å². The maximum atomic E-state index is 10.1. The van der Waals surface area contributed by atoms with Crippen LogP contribution >= 0.6 is 22.9 Å². The summed E-state index contributed by atoms with van der Waals surface area (Å²) in [5.41, 5.74) is -0.431. The molecule has 0 aromatic carbocycles. The number of nitrogens with zero attached hydrogens (tertiary/aromatic N) is 1. The summed E-state index contributed by atoms with van der Waals surface area (Å²) in [6.07, 6.45) is 2.09. The minimum Gasteiger partial charge on any atom is -0.388 e. The lowest BCUT2D eigenvalue weighted by Crippen LogP contribution is -2.47. The largest absolute Gasteiger partial charge is 0.388 e. The molecule has 0 radical (unpaired) electrons. The number of hydrogen-bond acceptors (Lipinski definition) is 2. The van der Waals surface area contributed by atoms with Gasteiger partial charge in [0, 0.05) is 36.0 Å². The third-order valence-electron chi connectivity index (χ3n) is 2.53. The van der Waals surface area contributed by atoms with Crippen LogP contribution in [0.25, 0.3) is 0 Å². The highest BCUT2D eigenvalue weighted by Gasteiger charge is 2.35. The summed E-state index contributed by atoms with van der Waals surface area (Å²) in [7, 11) is 0.